The van der Waals surface area contributed by atoms with Crippen LogP contribution in [0.2, 0.25) is 0 Å². The fourth-order valence-corrected chi connectivity index (χ4v) is 8.86. The number of hydrogen-bond acceptors (Lipinski definition) is 8. The maximum atomic E-state index is 17.6. The van der Waals surface area contributed by atoms with E-state index in [0.717, 1.165) is 25.7 Å². The summed E-state index contributed by atoms with van der Waals surface area (Å²) >= 11 is 0. The number of carbonyl (C=O) groups is 1. The van der Waals surface area contributed by atoms with Crippen LogP contribution < -0.4 is 37.3 Å². The van der Waals surface area contributed by atoms with Gasteiger partial charge in [0.1, 0.15) is 17.8 Å². The minimum Gasteiger partial charge on any atom is -0.493 e. The molecule has 6 rings (SSSR count). The van der Waals surface area contributed by atoms with E-state index in [4.69, 9.17) is 32.4 Å². The van der Waals surface area contributed by atoms with Crippen LogP contribution in [0.25, 0.3) is 11.6 Å². The molecule has 0 radical (unpaired) electrons. The summed E-state index contributed by atoms with van der Waals surface area (Å²) in [6, 6.07) is 2.44. The Morgan fingerprint density at radius 1 is 1.20 bits per heavy atom. The number of hydrogen-bond donors (Lipinski definition) is 4. The van der Waals surface area contributed by atoms with Gasteiger partial charge in [-0.3, -0.25) is 4.79 Å². The number of terminal acetylenes is 1. The molecule has 2 saturated heterocycles. The number of likely N-dealkylation sites (tertiary alicyclic amines) is 1. The average molecular weight is 753 g/mol. The molecule has 4 unspecified atom stereocenters. The molecular weight excluding hydrogens is 700 g/mol. The summed E-state index contributed by atoms with van der Waals surface area (Å²) < 4.78 is 77.3. The van der Waals surface area contributed by atoms with Crippen molar-refractivity contribution in [1.82, 2.24) is 10.2 Å². The minimum absolute atomic E-state index is 0.0600. The number of rotatable bonds is 8. The van der Waals surface area contributed by atoms with Crippen molar-refractivity contribution >= 4 is 29.1 Å². The molecule has 292 valence electrons. The first-order chi connectivity index (χ1) is 25.7. The zero-order valence-electron chi connectivity index (χ0n) is 31.6. The molecule has 2 fully saturated rings. The molecule has 4 aliphatic rings. The topological polar surface area (TPSA) is 127 Å². The number of halogens is 4. The van der Waals surface area contributed by atoms with E-state index in [0.29, 0.717) is 37.2 Å². The van der Waals surface area contributed by atoms with Crippen molar-refractivity contribution < 1.29 is 31.8 Å². The molecule has 2 aromatic rings. The van der Waals surface area contributed by atoms with Crippen LogP contribution in [0, 0.1) is 46.5 Å². The lowest BCUT2D eigenvalue weighted by molar-refractivity contribution is -0.119. The molecule has 13 heteroatoms. The van der Waals surface area contributed by atoms with E-state index in [1.165, 1.54) is 19.2 Å². The second-order valence-electron chi connectivity index (χ2n) is 16.1. The van der Waals surface area contributed by atoms with E-state index in [9.17, 15) is 9.18 Å². The van der Waals surface area contributed by atoms with Gasteiger partial charge < -0.3 is 36.5 Å². The van der Waals surface area contributed by atoms with Crippen molar-refractivity contribution in [1.29, 1.82) is 0 Å². The number of nitrogens with one attached hydrogen (secondary N) is 2. The highest BCUT2D eigenvalue weighted by Gasteiger charge is 2.40. The number of ether oxygens (including phenoxy) is 2. The van der Waals surface area contributed by atoms with E-state index in [1.54, 1.807) is 13.0 Å². The number of aliphatic imine (C=N–C) groups is 1. The van der Waals surface area contributed by atoms with Crippen molar-refractivity contribution in [3.63, 3.8) is 0 Å². The summed E-state index contributed by atoms with van der Waals surface area (Å²) in [5.41, 5.74) is 10.1. The minimum atomic E-state index is -1.14. The first-order valence-corrected chi connectivity index (χ1v) is 18.9. The summed E-state index contributed by atoms with van der Waals surface area (Å²) in [6.45, 7) is 7.80. The zero-order valence-corrected chi connectivity index (χ0v) is 31.6. The van der Waals surface area contributed by atoms with Crippen LogP contribution in [0.1, 0.15) is 88.8 Å². The van der Waals surface area contributed by atoms with Gasteiger partial charge in [-0.2, -0.15) is 0 Å². The number of amides is 1. The number of carbonyl (C=O) groups excluding carboxylic acids is 1. The Balaban J connectivity index is 1.55. The summed E-state index contributed by atoms with van der Waals surface area (Å²) in [5, 5.41) is 6.76. The van der Waals surface area contributed by atoms with Gasteiger partial charge in [0.15, 0.2) is 17.4 Å². The molecule has 1 amide bonds. The Hall–Kier alpha value is -4.12. The highest BCUT2D eigenvalue weighted by atomic mass is 19.1. The monoisotopic (exact) mass is 752 g/mol. The molecule has 0 spiro atoms. The van der Waals surface area contributed by atoms with Crippen molar-refractivity contribution in [3.05, 3.63) is 56.7 Å². The van der Waals surface area contributed by atoms with Crippen LogP contribution in [0.15, 0.2) is 17.1 Å². The van der Waals surface area contributed by atoms with Crippen LogP contribution in [-0.2, 0) is 9.53 Å². The summed E-state index contributed by atoms with van der Waals surface area (Å²) in [6.07, 6.45) is 9.42. The molecule has 3 heterocycles. The molecule has 1 aliphatic carbocycles. The Bertz CT molecular complexity index is 1980. The molecule has 54 heavy (non-hydrogen) atoms. The van der Waals surface area contributed by atoms with Crippen molar-refractivity contribution in [2.24, 2.45) is 33.2 Å². The molecule has 6 atom stereocenters. The zero-order chi connectivity index (χ0) is 38.9. The van der Waals surface area contributed by atoms with Gasteiger partial charge in [-0.05, 0) is 78.7 Å². The standard InChI is InChI=1S/C41H52F4N6O3/c1-6-23-11-14-51(21-26(46)15-23)38-33-36(49-39(50-38)54-22-40(3)12-8-13-48-20-25(42)17-40)34(44)32(35(45)37(33)53-5)28-18-41(4,19-30(47)52)16-24-9-10-29(43)27(7-2)31(24)28/h2,9-10,16,23,25-26,39,48-49H,6,8,11-15,17-22,46H2,1,3-5H3,(H2,47,52)/t23?,25-,26?,39?,40-,41?/m1/s1. The van der Waals surface area contributed by atoms with Gasteiger partial charge in [0.25, 0.3) is 0 Å². The number of fused-ring (bicyclic) bond motifs is 2. The average Bonchev–Trinajstić information content (AvgIpc) is 3.30. The van der Waals surface area contributed by atoms with Gasteiger partial charge in [0.05, 0.1) is 36.1 Å². The Morgan fingerprint density at radius 2 is 1.98 bits per heavy atom. The molecule has 0 saturated carbocycles. The third-order valence-electron chi connectivity index (χ3n) is 11.4. The predicted octanol–water partition coefficient (Wildman–Crippen LogP) is 4.40. The lowest BCUT2D eigenvalue weighted by atomic mass is 9.73. The second kappa shape index (κ2) is 15.9. The number of nitrogens with two attached hydrogens (primary N) is 2. The van der Waals surface area contributed by atoms with E-state index in [-0.39, 0.29) is 77.6 Å². The number of primary amides is 1. The number of alkyl halides is 1. The summed E-state index contributed by atoms with van der Waals surface area (Å²) in [7, 11) is 1.29. The molecule has 3 aliphatic heterocycles. The van der Waals surface area contributed by atoms with E-state index >= 15 is 13.2 Å². The van der Waals surface area contributed by atoms with Crippen LogP contribution in [0.3, 0.4) is 0 Å². The quantitative estimate of drug-likeness (QED) is 0.233. The van der Waals surface area contributed by atoms with Crippen LogP contribution in [-0.4, -0.2) is 75.1 Å². The highest BCUT2D eigenvalue weighted by Crippen LogP contribution is 2.45. The largest absolute Gasteiger partial charge is 0.493 e. The lowest BCUT2D eigenvalue weighted by Gasteiger charge is -2.37. The first kappa shape index (κ1) is 39.6. The first-order valence-electron chi connectivity index (χ1n) is 18.9. The maximum Gasteiger partial charge on any atom is 0.227 e. The molecule has 0 aromatic heterocycles. The summed E-state index contributed by atoms with van der Waals surface area (Å²) in [4.78, 5) is 19.1. The fourth-order valence-electron chi connectivity index (χ4n) is 8.86. The van der Waals surface area contributed by atoms with Crippen molar-refractivity contribution in [2.45, 2.75) is 90.7 Å². The molecular formula is C41H52F4N6O3. The van der Waals surface area contributed by atoms with Gasteiger partial charge in [-0.25, -0.2) is 22.6 Å². The molecule has 0 bridgehead atoms. The van der Waals surface area contributed by atoms with Crippen LogP contribution in [0.4, 0.5) is 23.2 Å². The van der Waals surface area contributed by atoms with Gasteiger partial charge in [-0.15, -0.1) is 6.42 Å². The number of anilines is 1. The smallest absolute Gasteiger partial charge is 0.227 e. The third-order valence-corrected chi connectivity index (χ3v) is 11.4. The molecule has 6 N–H and O–H groups in total. The number of methoxy groups -OCH3 is 1. The molecule has 9 nitrogen and oxygen atoms in total. The number of nitrogens with zero attached hydrogens (tertiary/aromatic N) is 2. The number of benzene rings is 2. The predicted molar refractivity (Wildman–Crippen MR) is 202 cm³/mol. The lowest BCUT2D eigenvalue weighted by Crippen LogP contribution is -2.45. The summed E-state index contributed by atoms with van der Waals surface area (Å²) in [5.74, 6) is -0.659. The van der Waals surface area contributed by atoms with Crippen LogP contribution >= 0.6 is 0 Å². The van der Waals surface area contributed by atoms with Crippen molar-refractivity contribution in [3.8, 4) is 18.1 Å². The normalized spacial score (nSPS) is 28.6. The van der Waals surface area contributed by atoms with E-state index in [2.05, 4.69) is 23.5 Å². The van der Waals surface area contributed by atoms with Gasteiger partial charge in [0, 0.05) is 37.3 Å². The van der Waals surface area contributed by atoms with Gasteiger partial charge >= 0.3 is 0 Å². The van der Waals surface area contributed by atoms with E-state index < -0.39 is 52.3 Å². The van der Waals surface area contributed by atoms with Gasteiger partial charge in [-0.1, -0.05) is 45.3 Å². The van der Waals surface area contributed by atoms with E-state index in [1.807, 2.05) is 11.8 Å². The highest BCUT2D eigenvalue weighted by molar-refractivity contribution is 6.08. The Kier molecular flexibility index (Phi) is 11.7. The van der Waals surface area contributed by atoms with Crippen LogP contribution in [0.5, 0.6) is 5.75 Å². The second-order valence-corrected chi connectivity index (χ2v) is 16.1. The SMILES string of the molecule is C#Cc1c(F)ccc2c1=C(c1c(F)c3c(c(OC)c1F)C(N1CCC(CC)CC(N)C1)=NC(OC[C@]1(C)CCCNC[C@H](F)C1)N3)CC(C)(CC(N)=O)C=2. The fraction of sp³-hybridized carbons (Fsp3) is 0.561. The Labute approximate surface area is 314 Å². The van der Waals surface area contributed by atoms with Crippen molar-refractivity contribution in [2.75, 3.05) is 45.2 Å². The molecule has 2 aromatic carbocycles. The number of amidine groups is 1. The maximum absolute atomic E-state index is 17.6. The third kappa shape index (κ3) is 7.97. The van der Waals surface area contributed by atoms with Gasteiger partial charge in [0.2, 0.25) is 12.3 Å². The Morgan fingerprint density at radius 3 is 2.69 bits per heavy atom.